The minimum Gasteiger partial charge on any atom is -0.480 e. The molecule has 0 unspecified atom stereocenters. The molecule has 0 rings (SSSR count). The van der Waals surface area contributed by atoms with Gasteiger partial charge in [-0.1, -0.05) is 0 Å². The van der Waals surface area contributed by atoms with Gasteiger partial charge in [0.1, 0.15) is 6.04 Å². The molecule has 58 valence electrons. The first kappa shape index (κ1) is 8.74. The van der Waals surface area contributed by atoms with E-state index in [0.717, 1.165) is 0 Å². The molecule has 0 saturated heterocycles. The van der Waals surface area contributed by atoms with Crippen molar-refractivity contribution < 1.29 is 19.4 Å². The first-order chi connectivity index (χ1) is 4.57. The number of carboxylic acids is 1. The number of ether oxygens (including phenoxy) is 1. The molecule has 10 heavy (non-hydrogen) atoms. The van der Waals surface area contributed by atoms with Crippen molar-refractivity contribution in [1.82, 2.24) is 5.32 Å². The minimum atomic E-state index is -1.09. The predicted molar refractivity (Wildman–Crippen MR) is 32.6 cm³/mol. The number of carbonyl (C=O) groups is 2. The van der Waals surface area contributed by atoms with Crippen LogP contribution in [0.2, 0.25) is 0 Å². The second kappa shape index (κ2) is 3.71. The second-order valence-electron chi connectivity index (χ2n) is 1.70. The molecule has 0 aromatic carbocycles. The molecule has 2 N–H and O–H groups in total. The summed E-state index contributed by atoms with van der Waals surface area (Å²) in [5.74, 6) is -1.09. The second-order valence-corrected chi connectivity index (χ2v) is 1.70. The van der Waals surface area contributed by atoms with Crippen molar-refractivity contribution in [3.05, 3.63) is 0 Å². The van der Waals surface area contributed by atoms with E-state index >= 15 is 0 Å². The SMILES string of the molecule is COC(=O)N[C@H](C)C(=O)O. The lowest BCUT2D eigenvalue weighted by molar-refractivity contribution is -0.138. The van der Waals surface area contributed by atoms with E-state index in [1.807, 2.05) is 0 Å². The van der Waals surface area contributed by atoms with Gasteiger partial charge in [0.2, 0.25) is 0 Å². The topological polar surface area (TPSA) is 75.6 Å². The van der Waals surface area contributed by atoms with E-state index in [1.165, 1.54) is 14.0 Å². The number of rotatable bonds is 2. The Bertz CT molecular complexity index is 145. The number of alkyl carbamates (subject to hydrolysis) is 1. The molecule has 5 nitrogen and oxygen atoms in total. The van der Waals surface area contributed by atoms with E-state index in [9.17, 15) is 9.59 Å². The Morgan fingerprint density at radius 1 is 1.60 bits per heavy atom. The largest absolute Gasteiger partial charge is 0.480 e. The molecule has 0 aliphatic rings. The van der Waals surface area contributed by atoms with Gasteiger partial charge in [-0.25, -0.2) is 4.79 Å². The van der Waals surface area contributed by atoms with Crippen LogP contribution in [0.5, 0.6) is 0 Å². The summed E-state index contributed by atoms with van der Waals surface area (Å²) in [6.07, 6.45) is -0.741. The van der Waals surface area contributed by atoms with Gasteiger partial charge in [-0.05, 0) is 6.92 Å². The summed E-state index contributed by atoms with van der Waals surface area (Å²) in [4.78, 5) is 20.4. The summed E-state index contributed by atoms with van der Waals surface area (Å²) in [6.45, 7) is 1.35. The van der Waals surface area contributed by atoms with Crippen LogP contribution in [-0.2, 0) is 9.53 Å². The third kappa shape index (κ3) is 2.91. The van der Waals surface area contributed by atoms with Gasteiger partial charge in [0.05, 0.1) is 7.11 Å². The Morgan fingerprint density at radius 3 is 2.40 bits per heavy atom. The van der Waals surface area contributed by atoms with Crippen LogP contribution in [-0.4, -0.2) is 30.3 Å². The molecular formula is C5H9NO4. The molecular weight excluding hydrogens is 138 g/mol. The van der Waals surface area contributed by atoms with Crippen molar-refractivity contribution >= 4 is 12.1 Å². The Hall–Kier alpha value is -1.26. The normalized spacial score (nSPS) is 11.8. The quantitative estimate of drug-likeness (QED) is 0.567. The molecule has 0 aromatic rings. The fraction of sp³-hybridized carbons (Fsp3) is 0.600. The Balaban J connectivity index is 3.68. The highest BCUT2D eigenvalue weighted by Gasteiger charge is 2.12. The summed E-state index contributed by atoms with van der Waals surface area (Å²) >= 11 is 0. The van der Waals surface area contributed by atoms with Gasteiger partial charge in [-0.15, -0.1) is 0 Å². The first-order valence-electron chi connectivity index (χ1n) is 2.65. The molecule has 0 aliphatic heterocycles. The van der Waals surface area contributed by atoms with E-state index in [4.69, 9.17) is 5.11 Å². The standard InChI is InChI=1S/C5H9NO4/c1-3(4(7)8)6-5(9)10-2/h3H,1-2H3,(H,6,9)(H,7,8)/t3-/m1/s1. The summed E-state index contributed by atoms with van der Waals surface area (Å²) in [5.41, 5.74) is 0. The van der Waals surface area contributed by atoms with Crippen LogP contribution in [0.3, 0.4) is 0 Å². The van der Waals surface area contributed by atoms with E-state index in [0.29, 0.717) is 0 Å². The molecule has 0 aliphatic carbocycles. The molecule has 1 amide bonds. The van der Waals surface area contributed by atoms with Gasteiger partial charge in [-0.3, -0.25) is 4.79 Å². The molecule has 1 atom stereocenters. The fourth-order valence-electron chi connectivity index (χ4n) is 0.297. The van der Waals surface area contributed by atoms with Crippen LogP contribution < -0.4 is 5.32 Å². The monoisotopic (exact) mass is 147 g/mol. The molecule has 0 radical (unpaired) electrons. The highest BCUT2D eigenvalue weighted by Crippen LogP contribution is 1.81. The van der Waals surface area contributed by atoms with Crippen molar-refractivity contribution in [3.63, 3.8) is 0 Å². The average Bonchev–Trinajstić information content (AvgIpc) is 1.87. The number of aliphatic carboxylic acids is 1. The van der Waals surface area contributed by atoms with Crippen LogP contribution in [0.25, 0.3) is 0 Å². The van der Waals surface area contributed by atoms with Crippen LogP contribution in [0, 0.1) is 0 Å². The number of methoxy groups -OCH3 is 1. The van der Waals surface area contributed by atoms with Gasteiger partial charge in [0, 0.05) is 0 Å². The molecule has 0 bridgehead atoms. The van der Waals surface area contributed by atoms with Crippen molar-refractivity contribution in [2.24, 2.45) is 0 Å². The Labute approximate surface area is 58.0 Å². The molecule has 0 fully saturated rings. The zero-order chi connectivity index (χ0) is 8.15. The number of hydrogen-bond donors (Lipinski definition) is 2. The number of amides is 1. The van der Waals surface area contributed by atoms with Crippen molar-refractivity contribution in [2.75, 3.05) is 7.11 Å². The maximum atomic E-state index is 10.3. The zero-order valence-electron chi connectivity index (χ0n) is 5.75. The summed E-state index contributed by atoms with van der Waals surface area (Å²) in [5, 5.41) is 10.3. The Kier molecular flexibility index (Phi) is 3.24. The van der Waals surface area contributed by atoms with Crippen molar-refractivity contribution in [3.8, 4) is 0 Å². The maximum Gasteiger partial charge on any atom is 0.407 e. The number of carboxylic acid groups (broad SMARTS) is 1. The molecule has 0 saturated carbocycles. The lowest BCUT2D eigenvalue weighted by Crippen LogP contribution is -2.38. The minimum absolute atomic E-state index is 0.741. The highest BCUT2D eigenvalue weighted by atomic mass is 16.5. The number of carbonyl (C=O) groups excluding carboxylic acids is 1. The van der Waals surface area contributed by atoms with Crippen LogP contribution in [0.15, 0.2) is 0 Å². The Morgan fingerprint density at radius 2 is 2.10 bits per heavy atom. The van der Waals surface area contributed by atoms with E-state index < -0.39 is 18.1 Å². The summed E-state index contributed by atoms with van der Waals surface area (Å²) in [7, 11) is 1.17. The number of nitrogens with one attached hydrogen (secondary N) is 1. The third-order valence-electron chi connectivity index (χ3n) is 0.890. The predicted octanol–water partition coefficient (Wildman–Crippen LogP) is -0.185. The van der Waals surface area contributed by atoms with Gasteiger partial charge in [-0.2, -0.15) is 0 Å². The van der Waals surface area contributed by atoms with Gasteiger partial charge in [0.15, 0.2) is 0 Å². The molecule has 5 heteroatoms. The van der Waals surface area contributed by atoms with Crippen LogP contribution in [0.1, 0.15) is 6.92 Å². The fourth-order valence-corrected chi connectivity index (χ4v) is 0.297. The summed E-state index contributed by atoms with van der Waals surface area (Å²) < 4.78 is 4.16. The van der Waals surface area contributed by atoms with Crippen LogP contribution >= 0.6 is 0 Å². The average molecular weight is 147 g/mol. The van der Waals surface area contributed by atoms with Crippen molar-refractivity contribution in [2.45, 2.75) is 13.0 Å². The lowest BCUT2D eigenvalue weighted by atomic mass is 10.4. The van der Waals surface area contributed by atoms with E-state index in [2.05, 4.69) is 10.1 Å². The zero-order valence-corrected chi connectivity index (χ0v) is 5.75. The van der Waals surface area contributed by atoms with E-state index in [1.54, 1.807) is 0 Å². The molecule has 0 heterocycles. The van der Waals surface area contributed by atoms with Gasteiger partial charge >= 0.3 is 12.1 Å². The van der Waals surface area contributed by atoms with Crippen molar-refractivity contribution in [1.29, 1.82) is 0 Å². The third-order valence-corrected chi connectivity index (χ3v) is 0.890. The lowest BCUT2D eigenvalue weighted by Gasteiger charge is -2.06. The van der Waals surface area contributed by atoms with Gasteiger partial charge in [0.25, 0.3) is 0 Å². The van der Waals surface area contributed by atoms with Crippen LogP contribution in [0.4, 0.5) is 4.79 Å². The molecule has 0 aromatic heterocycles. The van der Waals surface area contributed by atoms with E-state index in [-0.39, 0.29) is 0 Å². The highest BCUT2D eigenvalue weighted by molar-refractivity contribution is 5.79. The smallest absolute Gasteiger partial charge is 0.407 e. The van der Waals surface area contributed by atoms with Gasteiger partial charge < -0.3 is 15.2 Å². The number of hydrogen-bond acceptors (Lipinski definition) is 3. The first-order valence-corrected chi connectivity index (χ1v) is 2.65. The maximum absolute atomic E-state index is 10.3. The molecule has 0 spiro atoms. The summed E-state index contributed by atoms with van der Waals surface area (Å²) in [6, 6.07) is -0.910.